The Morgan fingerprint density at radius 2 is 1.86 bits per heavy atom. The van der Waals surface area contributed by atoms with E-state index in [2.05, 4.69) is 28.7 Å². The van der Waals surface area contributed by atoms with Gasteiger partial charge in [0.25, 0.3) is 6.43 Å². The molecule has 150 valence electrons. The van der Waals surface area contributed by atoms with Crippen LogP contribution in [0.2, 0.25) is 0 Å². The molecular formula is C14H13F2N5O6S. The average Bonchev–Trinajstić information content (AvgIpc) is 2.70. The first kappa shape index (κ1) is 21.0. The highest BCUT2D eigenvalue weighted by molar-refractivity contribution is 7.80. The molecule has 11 nitrogen and oxygen atoms in total. The molecule has 0 bridgehead atoms. The van der Waals surface area contributed by atoms with E-state index in [0.717, 1.165) is 14.2 Å². The molecule has 0 radical (unpaired) electrons. The van der Waals surface area contributed by atoms with Crippen LogP contribution in [0.1, 0.15) is 22.6 Å². The van der Waals surface area contributed by atoms with Crippen LogP contribution in [0.25, 0.3) is 0 Å². The SMILES string of the molecule is COC(=O)c1ccccc1S(=O)ONC(=O)Nc1nc(OC)nc(C(F)F)n1. The molecule has 28 heavy (non-hydrogen) atoms. The van der Waals surface area contributed by atoms with Gasteiger partial charge in [-0.05, 0) is 12.1 Å². The highest BCUT2D eigenvalue weighted by Crippen LogP contribution is 2.18. The van der Waals surface area contributed by atoms with Crippen molar-refractivity contribution in [3.05, 3.63) is 35.7 Å². The molecule has 0 aliphatic heterocycles. The fraction of sp³-hybridized carbons (Fsp3) is 0.214. The largest absolute Gasteiger partial charge is 0.467 e. The lowest BCUT2D eigenvalue weighted by Gasteiger charge is -2.09. The number of ether oxygens (including phenoxy) is 2. The Kier molecular flexibility index (Phi) is 7.22. The monoisotopic (exact) mass is 417 g/mol. The van der Waals surface area contributed by atoms with Gasteiger partial charge in [0.1, 0.15) is 0 Å². The molecule has 1 atom stereocenters. The molecule has 0 aliphatic rings. The van der Waals surface area contributed by atoms with Gasteiger partial charge >= 0.3 is 18.0 Å². The van der Waals surface area contributed by atoms with Gasteiger partial charge in [-0.3, -0.25) is 5.32 Å². The standard InChI is InChI=1S/C14H13F2N5O6S/c1-25-11(22)7-5-3-4-6-8(7)28(24)27-21-13(23)19-12-17-10(9(15)16)18-14(20-12)26-2/h3-6,9H,1-2H3,(H2,17,18,19,20,21,23). The molecule has 1 aromatic carbocycles. The first-order chi connectivity index (χ1) is 13.3. The fourth-order valence-electron chi connectivity index (χ4n) is 1.76. The molecule has 1 heterocycles. The second-order valence-corrected chi connectivity index (χ2v) is 5.74. The number of esters is 1. The number of anilines is 1. The molecule has 14 heteroatoms. The zero-order chi connectivity index (χ0) is 20.7. The predicted octanol–water partition coefficient (Wildman–Crippen LogP) is 1.38. The number of rotatable bonds is 7. The van der Waals surface area contributed by atoms with Gasteiger partial charge in [-0.2, -0.15) is 19.2 Å². The number of urea groups is 1. The summed E-state index contributed by atoms with van der Waals surface area (Å²) < 4.78 is 51.5. The summed E-state index contributed by atoms with van der Waals surface area (Å²) in [6.45, 7) is 0. The summed E-state index contributed by atoms with van der Waals surface area (Å²) in [6.07, 6.45) is -3.03. The van der Waals surface area contributed by atoms with Gasteiger partial charge in [0.2, 0.25) is 22.9 Å². The van der Waals surface area contributed by atoms with E-state index in [1.807, 2.05) is 5.32 Å². The minimum atomic E-state index is -3.03. The Labute approximate surface area is 159 Å². The number of alkyl halides is 2. The van der Waals surface area contributed by atoms with Gasteiger partial charge < -0.3 is 9.47 Å². The van der Waals surface area contributed by atoms with E-state index in [4.69, 9.17) is 0 Å². The second-order valence-electron chi connectivity index (χ2n) is 4.67. The zero-order valence-electron chi connectivity index (χ0n) is 14.3. The average molecular weight is 417 g/mol. The number of nitrogens with zero attached hydrogens (tertiary/aromatic N) is 3. The maximum Gasteiger partial charge on any atom is 0.346 e. The van der Waals surface area contributed by atoms with E-state index >= 15 is 0 Å². The van der Waals surface area contributed by atoms with Crippen LogP contribution in [0.5, 0.6) is 6.01 Å². The molecule has 0 saturated carbocycles. The van der Waals surface area contributed by atoms with E-state index in [-0.39, 0.29) is 10.5 Å². The Balaban J connectivity index is 2.04. The smallest absolute Gasteiger partial charge is 0.346 e. The van der Waals surface area contributed by atoms with Gasteiger partial charge in [-0.25, -0.2) is 28.1 Å². The molecule has 0 saturated heterocycles. The van der Waals surface area contributed by atoms with Crippen LogP contribution >= 0.6 is 0 Å². The lowest BCUT2D eigenvalue weighted by molar-refractivity contribution is 0.0596. The van der Waals surface area contributed by atoms with Crippen molar-refractivity contribution >= 4 is 29.0 Å². The van der Waals surface area contributed by atoms with Crippen LogP contribution in [-0.2, 0) is 20.1 Å². The number of carbonyl (C=O) groups is 2. The summed E-state index contributed by atoms with van der Waals surface area (Å²) in [5.41, 5.74) is 1.74. The fourth-order valence-corrected chi connectivity index (χ4v) is 2.52. The van der Waals surface area contributed by atoms with Crippen LogP contribution in [0, 0.1) is 0 Å². The number of halogens is 2. The normalized spacial score (nSPS) is 11.6. The van der Waals surface area contributed by atoms with Crippen LogP contribution in [0.4, 0.5) is 19.5 Å². The van der Waals surface area contributed by atoms with Crippen molar-refractivity contribution in [3.8, 4) is 6.01 Å². The lowest BCUT2D eigenvalue weighted by Crippen LogP contribution is -2.31. The van der Waals surface area contributed by atoms with Crippen LogP contribution in [0.15, 0.2) is 29.2 Å². The minimum Gasteiger partial charge on any atom is -0.467 e. The van der Waals surface area contributed by atoms with E-state index in [1.165, 1.54) is 24.3 Å². The second kappa shape index (κ2) is 9.61. The Bertz CT molecular complexity index is 900. The van der Waals surface area contributed by atoms with Crippen molar-refractivity contribution in [3.63, 3.8) is 0 Å². The molecular weight excluding hydrogens is 404 g/mol. The minimum absolute atomic E-state index is 0.0330. The molecule has 0 aliphatic carbocycles. The summed E-state index contributed by atoms with van der Waals surface area (Å²) in [5, 5.41) is 1.99. The molecule has 0 fully saturated rings. The molecule has 0 spiro atoms. The van der Waals surface area contributed by atoms with Crippen LogP contribution in [-0.4, -0.2) is 45.4 Å². The van der Waals surface area contributed by atoms with Crippen molar-refractivity contribution < 1.29 is 36.3 Å². The number of hydroxylamine groups is 1. The lowest BCUT2D eigenvalue weighted by atomic mass is 10.2. The molecule has 1 unspecified atom stereocenters. The summed E-state index contributed by atoms with van der Waals surface area (Å²) in [5.74, 6) is -2.23. The molecule has 2 amide bonds. The number of methoxy groups -OCH3 is 2. The first-order valence-electron chi connectivity index (χ1n) is 7.27. The maximum atomic E-state index is 12.7. The van der Waals surface area contributed by atoms with Crippen molar-refractivity contribution in [2.24, 2.45) is 0 Å². The van der Waals surface area contributed by atoms with Gasteiger partial charge in [0, 0.05) is 0 Å². The third-order valence-corrected chi connectivity index (χ3v) is 3.87. The van der Waals surface area contributed by atoms with Gasteiger partial charge in [-0.15, -0.1) is 0 Å². The van der Waals surface area contributed by atoms with Crippen LogP contribution < -0.4 is 15.5 Å². The molecule has 2 N–H and O–H groups in total. The third kappa shape index (κ3) is 5.37. The number of nitrogens with one attached hydrogen (secondary N) is 2. The number of aromatic nitrogens is 3. The van der Waals surface area contributed by atoms with Gasteiger partial charge in [0.05, 0.1) is 24.7 Å². The first-order valence-corrected chi connectivity index (χ1v) is 8.34. The highest BCUT2D eigenvalue weighted by Gasteiger charge is 2.19. The van der Waals surface area contributed by atoms with E-state index in [1.54, 1.807) is 5.48 Å². The number of carbonyl (C=O) groups excluding carboxylic acids is 2. The molecule has 2 aromatic rings. The summed E-state index contributed by atoms with van der Waals surface area (Å²) >= 11 is -2.28. The topological polar surface area (TPSA) is 142 Å². The summed E-state index contributed by atoms with van der Waals surface area (Å²) in [6, 6.07) is 4.11. The predicted molar refractivity (Wildman–Crippen MR) is 88.8 cm³/mol. The van der Waals surface area contributed by atoms with Crippen LogP contribution in [0.3, 0.4) is 0 Å². The summed E-state index contributed by atoms with van der Waals surface area (Å²) in [4.78, 5) is 33.6. The van der Waals surface area contributed by atoms with Gasteiger partial charge in [0.15, 0.2) is 0 Å². The highest BCUT2D eigenvalue weighted by atomic mass is 32.2. The van der Waals surface area contributed by atoms with Crippen molar-refractivity contribution in [2.45, 2.75) is 11.3 Å². The Morgan fingerprint density at radius 3 is 2.50 bits per heavy atom. The Morgan fingerprint density at radius 1 is 1.14 bits per heavy atom. The Hall–Kier alpha value is -3.26. The number of hydrogen-bond acceptors (Lipinski definition) is 9. The maximum absolute atomic E-state index is 12.7. The molecule has 2 rings (SSSR count). The third-order valence-electron chi connectivity index (χ3n) is 2.92. The van der Waals surface area contributed by atoms with Crippen molar-refractivity contribution in [2.75, 3.05) is 19.5 Å². The number of benzene rings is 1. The molecule has 1 aromatic heterocycles. The number of amides is 2. The zero-order valence-corrected chi connectivity index (χ0v) is 15.2. The van der Waals surface area contributed by atoms with Crippen molar-refractivity contribution in [1.82, 2.24) is 20.4 Å². The van der Waals surface area contributed by atoms with E-state index in [9.17, 15) is 22.6 Å². The van der Waals surface area contributed by atoms with Gasteiger partial charge in [-0.1, -0.05) is 12.1 Å². The van der Waals surface area contributed by atoms with E-state index < -0.39 is 47.3 Å². The van der Waals surface area contributed by atoms with E-state index in [0.29, 0.717) is 0 Å². The number of hydrogen-bond donors (Lipinski definition) is 2. The quantitative estimate of drug-likeness (QED) is 0.505. The van der Waals surface area contributed by atoms with Crippen molar-refractivity contribution in [1.29, 1.82) is 0 Å². The summed E-state index contributed by atoms with van der Waals surface area (Å²) in [7, 11) is 2.28.